The molecule has 5 nitrogen and oxygen atoms in total. The molecule has 1 saturated heterocycles. The van der Waals surface area contributed by atoms with Crippen LogP contribution in [0.15, 0.2) is 54.6 Å². The average molecular weight is 387 g/mol. The number of anilines is 1. The molecule has 148 valence electrons. The number of nitrogens with zero attached hydrogens (tertiary/aromatic N) is 1. The molecule has 0 spiro atoms. The van der Waals surface area contributed by atoms with Gasteiger partial charge in [0.2, 0.25) is 5.91 Å². The molecule has 0 radical (unpaired) electrons. The first-order chi connectivity index (χ1) is 13.9. The number of hydrogen-bond donors (Lipinski definition) is 2. The summed E-state index contributed by atoms with van der Waals surface area (Å²) in [6.07, 6.45) is 0.495. The molecule has 2 heterocycles. The van der Waals surface area contributed by atoms with Crippen molar-refractivity contribution in [3.63, 3.8) is 0 Å². The van der Waals surface area contributed by atoms with E-state index >= 15 is 0 Å². The number of rotatable bonds is 4. The van der Waals surface area contributed by atoms with Gasteiger partial charge in [-0.15, -0.1) is 0 Å². The highest BCUT2D eigenvalue weighted by Crippen LogP contribution is 2.27. The quantitative estimate of drug-likeness (QED) is 0.703. The van der Waals surface area contributed by atoms with E-state index in [-0.39, 0.29) is 17.7 Å². The predicted octanol–water partition coefficient (Wildman–Crippen LogP) is 4.26. The summed E-state index contributed by atoms with van der Waals surface area (Å²) in [5, 5.41) is 5.88. The van der Waals surface area contributed by atoms with Crippen LogP contribution in [0.5, 0.6) is 0 Å². The van der Waals surface area contributed by atoms with Gasteiger partial charge in [-0.3, -0.25) is 9.59 Å². The van der Waals surface area contributed by atoms with E-state index in [1.165, 1.54) is 0 Å². The summed E-state index contributed by atoms with van der Waals surface area (Å²) in [4.78, 5) is 24.5. The molecular formula is C24H25N3O2. The molecule has 0 unspecified atom stereocenters. The Morgan fingerprint density at radius 1 is 1.07 bits per heavy atom. The summed E-state index contributed by atoms with van der Waals surface area (Å²) in [5.74, 6) is 0.106. The van der Waals surface area contributed by atoms with E-state index < -0.39 is 0 Å². The molecule has 2 amide bonds. The molecule has 0 bridgehead atoms. The number of carbonyl (C=O) groups is 2. The lowest BCUT2D eigenvalue weighted by molar-refractivity contribution is -0.119. The Labute approximate surface area is 170 Å². The molecule has 0 saturated carbocycles. The van der Waals surface area contributed by atoms with Crippen LogP contribution in [0.3, 0.4) is 0 Å². The zero-order chi connectivity index (χ0) is 20.5. The summed E-state index contributed by atoms with van der Waals surface area (Å²) in [5.41, 5.74) is 6.64. The van der Waals surface area contributed by atoms with Crippen molar-refractivity contribution in [1.29, 1.82) is 0 Å². The number of nitrogens with one attached hydrogen (secondary N) is 2. The largest absolute Gasteiger partial charge is 0.355 e. The van der Waals surface area contributed by atoms with E-state index in [0.29, 0.717) is 18.5 Å². The Balaban J connectivity index is 1.59. The van der Waals surface area contributed by atoms with Gasteiger partial charge in [0.1, 0.15) is 0 Å². The van der Waals surface area contributed by atoms with Gasteiger partial charge in [-0.1, -0.05) is 30.3 Å². The van der Waals surface area contributed by atoms with Crippen LogP contribution < -0.4 is 10.6 Å². The Morgan fingerprint density at radius 3 is 2.59 bits per heavy atom. The van der Waals surface area contributed by atoms with Gasteiger partial charge in [-0.05, 0) is 56.2 Å². The van der Waals surface area contributed by atoms with E-state index in [1.54, 1.807) is 0 Å². The van der Waals surface area contributed by atoms with Gasteiger partial charge >= 0.3 is 0 Å². The van der Waals surface area contributed by atoms with E-state index in [1.807, 2.05) is 56.3 Å². The predicted molar refractivity (Wildman–Crippen MR) is 115 cm³/mol. The first kappa shape index (κ1) is 19.0. The monoisotopic (exact) mass is 387 g/mol. The maximum Gasteiger partial charge on any atom is 0.257 e. The van der Waals surface area contributed by atoms with Crippen molar-refractivity contribution in [2.45, 2.75) is 33.1 Å². The van der Waals surface area contributed by atoms with Crippen LogP contribution in [0.1, 0.15) is 45.2 Å². The van der Waals surface area contributed by atoms with Crippen molar-refractivity contribution in [2.75, 3.05) is 11.9 Å². The molecular weight excluding hydrogens is 362 g/mol. The van der Waals surface area contributed by atoms with Crippen LogP contribution in [0.2, 0.25) is 0 Å². The van der Waals surface area contributed by atoms with Crippen LogP contribution in [-0.4, -0.2) is 22.9 Å². The third kappa shape index (κ3) is 3.68. The fourth-order valence-corrected chi connectivity index (χ4v) is 4.09. The SMILES string of the molecule is Cc1ccccc1-n1c(C)cc(C(=O)Nc2cccc([C@@H]3CNC(=O)C3)c2)c1C. The van der Waals surface area contributed by atoms with E-state index in [0.717, 1.165) is 33.9 Å². The molecule has 29 heavy (non-hydrogen) atoms. The van der Waals surface area contributed by atoms with Crippen LogP contribution in [0, 0.1) is 20.8 Å². The second-order valence-electron chi connectivity index (χ2n) is 7.69. The van der Waals surface area contributed by atoms with E-state index in [4.69, 9.17) is 0 Å². The van der Waals surface area contributed by atoms with Gasteiger partial charge in [0.15, 0.2) is 0 Å². The number of benzene rings is 2. The third-order valence-corrected chi connectivity index (χ3v) is 5.63. The van der Waals surface area contributed by atoms with Crippen molar-refractivity contribution in [3.8, 4) is 5.69 Å². The molecule has 2 N–H and O–H groups in total. The van der Waals surface area contributed by atoms with Crippen molar-refractivity contribution in [2.24, 2.45) is 0 Å². The Morgan fingerprint density at radius 2 is 1.86 bits per heavy atom. The fourth-order valence-electron chi connectivity index (χ4n) is 4.09. The van der Waals surface area contributed by atoms with Crippen LogP contribution in [-0.2, 0) is 4.79 Å². The normalized spacial score (nSPS) is 16.0. The Bertz CT molecular complexity index is 1100. The lowest BCUT2D eigenvalue weighted by Crippen LogP contribution is -2.14. The second-order valence-corrected chi connectivity index (χ2v) is 7.69. The summed E-state index contributed by atoms with van der Waals surface area (Å²) in [6, 6.07) is 17.9. The maximum absolute atomic E-state index is 13.0. The first-order valence-corrected chi connectivity index (χ1v) is 9.87. The number of carbonyl (C=O) groups excluding carboxylic acids is 2. The van der Waals surface area contributed by atoms with Crippen LogP contribution >= 0.6 is 0 Å². The zero-order valence-electron chi connectivity index (χ0n) is 17.0. The number of amides is 2. The van der Waals surface area contributed by atoms with Crippen LogP contribution in [0.4, 0.5) is 5.69 Å². The van der Waals surface area contributed by atoms with Crippen molar-refractivity contribution in [1.82, 2.24) is 9.88 Å². The second kappa shape index (κ2) is 7.59. The zero-order valence-corrected chi connectivity index (χ0v) is 17.0. The van der Waals surface area contributed by atoms with Crippen molar-refractivity contribution >= 4 is 17.5 Å². The molecule has 5 heteroatoms. The number of aromatic nitrogens is 1. The number of aryl methyl sites for hydroxylation is 2. The molecule has 1 atom stereocenters. The number of para-hydroxylation sites is 1. The lowest BCUT2D eigenvalue weighted by Gasteiger charge is -2.13. The minimum atomic E-state index is -0.129. The highest BCUT2D eigenvalue weighted by atomic mass is 16.2. The molecule has 1 fully saturated rings. The van der Waals surface area contributed by atoms with Crippen LogP contribution in [0.25, 0.3) is 5.69 Å². The number of hydrogen-bond acceptors (Lipinski definition) is 2. The summed E-state index contributed by atoms with van der Waals surface area (Å²) in [6.45, 7) is 6.71. The highest BCUT2D eigenvalue weighted by Gasteiger charge is 2.23. The molecule has 2 aromatic carbocycles. The molecule has 1 aliphatic heterocycles. The molecule has 1 aliphatic rings. The van der Waals surface area contributed by atoms with E-state index in [2.05, 4.69) is 34.3 Å². The fraction of sp³-hybridized carbons (Fsp3) is 0.250. The molecule has 0 aliphatic carbocycles. The minimum Gasteiger partial charge on any atom is -0.355 e. The Kier molecular flexibility index (Phi) is 4.97. The topological polar surface area (TPSA) is 63.1 Å². The van der Waals surface area contributed by atoms with Gasteiger partial charge in [-0.2, -0.15) is 0 Å². The maximum atomic E-state index is 13.0. The third-order valence-electron chi connectivity index (χ3n) is 5.63. The van der Waals surface area contributed by atoms with E-state index in [9.17, 15) is 9.59 Å². The molecule has 4 rings (SSSR count). The van der Waals surface area contributed by atoms with Gasteiger partial charge in [-0.25, -0.2) is 0 Å². The van der Waals surface area contributed by atoms with Crippen molar-refractivity contribution < 1.29 is 9.59 Å². The smallest absolute Gasteiger partial charge is 0.257 e. The molecule has 3 aromatic rings. The highest BCUT2D eigenvalue weighted by molar-refractivity contribution is 6.05. The molecule has 1 aromatic heterocycles. The average Bonchev–Trinajstić information content (AvgIpc) is 3.26. The van der Waals surface area contributed by atoms with Gasteiger partial charge in [0.25, 0.3) is 5.91 Å². The lowest BCUT2D eigenvalue weighted by atomic mass is 9.98. The standard InChI is InChI=1S/C24H25N3O2/c1-15-7-4-5-10-22(15)27-16(2)11-21(17(27)3)24(29)26-20-9-6-8-18(12-20)19-13-23(28)25-14-19/h4-12,19H,13-14H2,1-3H3,(H,25,28)(H,26,29)/t19-/m0/s1. The first-order valence-electron chi connectivity index (χ1n) is 9.87. The summed E-state index contributed by atoms with van der Waals surface area (Å²) >= 11 is 0. The van der Waals surface area contributed by atoms with Gasteiger partial charge < -0.3 is 15.2 Å². The summed E-state index contributed by atoms with van der Waals surface area (Å²) < 4.78 is 2.12. The minimum absolute atomic E-state index is 0.0769. The van der Waals surface area contributed by atoms with Gasteiger partial charge in [0.05, 0.1) is 5.56 Å². The Hall–Kier alpha value is -3.34. The van der Waals surface area contributed by atoms with Gasteiger partial charge in [0, 0.05) is 41.6 Å². The van der Waals surface area contributed by atoms with Crippen molar-refractivity contribution in [3.05, 3.63) is 82.7 Å². The summed E-state index contributed by atoms with van der Waals surface area (Å²) in [7, 11) is 0.